The summed E-state index contributed by atoms with van der Waals surface area (Å²) >= 11 is 0. The van der Waals surface area contributed by atoms with Gasteiger partial charge < -0.3 is 10.1 Å². The highest BCUT2D eigenvalue weighted by Gasteiger charge is 2.04. The van der Waals surface area contributed by atoms with Gasteiger partial charge in [0.1, 0.15) is 5.75 Å². The van der Waals surface area contributed by atoms with Gasteiger partial charge in [0.2, 0.25) is 0 Å². The molecular formula is C17H21NO. The molecule has 0 saturated carbocycles. The van der Waals surface area contributed by atoms with Crippen LogP contribution < -0.4 is 10.1 Å². The molecule has 100 valence electrons. The summed E-state index contributed by atoms with van der Waals surface area (Å²) in [4.78, 5) is 0. The number of nitrogens with one attached hydrogen (secondary N) is 1. The Morgan fingerprint density at radius 3 is 2.32 bits per heavy atom. The number of benzene rings is 2. The van der Waals surface area contributed by atoms with Gasteiger partial charge in [-0.2, -0.15) is 0 Å². The zero-order valence-electron chi connectivity index (χ0n) is 11.8. The molecule has 0 aliphatic carbocycles. The Hall–Kier alpha value is -1.80. The highest BCUT2D eigenvalue weighted by Crippen LogP contribution is 2.29. The number of methoxy groups -OCH3 is 1. The average Bonchev–Trinajstić information content (AvgIpc) is 2.45. The van der Waals surface area contributed by atoms with Crippen molar-refractivity contribution in [3.05, 3.63) is 54.1 Å². The molecule has 19 heavy (non-hydrogen) atoms. The molecule has 0 bridgehead atoms. The molecule has 0 heterocycles. The van der Waals surface area contributed by atoms with Crippen LogP contribution in [0.1, 0.15) is 19.4 Å². The van der Waals surface area contributed by atoms with E-state index in [1.807, 2.05) is 18.2 Å². The minimum absolute atomic E-state index is 0.508. The maximum Gasteiger partial charge on any atom is 0.126 e. The third-order valence-corrected chi connectivity index (χ3v) is 3.09. The summed E-state index contributed by atoms with van der Waals surface area (Å²) < 4.78 is 5.40. The SMILES string of the molecule is COc1ccccc1-c1ccc(CNC(C)C)cc1. The van der Waals surface area contributed by atoms with E-state index in [0.717, 1.165) is 17.9 Å². The lowest BCUT2D eigenvalue weighted by Gasteiger charge is -2.10. The summed E-state index contributed by atoms with van der Waals surface area (Å²) in [5.41, 5.74) is 3.62. The van der Waals surface area contributed by atoms with Crippen molar-refractivity contribution in [3.8, 4) is 16.9 Å². The van der Waals surface area contributed by atoms with Crippen LogP contribution in [0.2, 0.25) is 0 Å². The molecular weight excluding hydrogens is 234 g/mol. The van der Waals surface area contributed by atoms with E-state index in [1.165, 1.54) is 11.1 Å². The standard InChI is InChI=1S/C17H21NO/c1-13(2)18-12-14-8-10-15(11-9-14)16-6-4-5-7-17(16)19-3/h4-11,13,18H,12H2,1-3H3. The van der Waals surface area contributed by atoms with Crippen molar-refractivity contribution in [3.63, 3.8) is 0 Å². The second-order valence-corrected chi connectivity index (χ2v) is 4.93. The van der Waals surface area contributed by atoms with Gasteiger partial charge in [-0.3, -0.25) is 0 Å². The van der Waals surface area contributed by atoms with Crippen LogP contribution in [0.3, 0.4) is 0 Å². The summed E-state index contributed by atoms with van der Waals surface area (Å²) in [5.74, 6) is 0.913. The molecule has 0 amide bonds. The molecule has 2 aromatic carbocycles. The van der Waals surface area contributed by atoms with Crippen molar-refractivity contribution in [1.82, 2.24) is 5.32 Å². The third-order valence-electron chi connectivity index (χ3n) is 3.09. The molecule has 2 nitrogen and oxygen atoms in total. The molecule has 2 rings (SSSR count). The van der Waals surface area contributed by atoms with Crippen molar-refractivity contribution in [1.29, 1.82) is 0 Å². The summed E-state index contributed by atoms with van der Waals surface area (Å²) in [6.07, 6.45) is 0. The molecule has 0 aromatic heterocycles. The largest absolute Gasteiger partial charge is 0.496 e. The van der Waals surface area contributed by atoms with Crippen LogP contribution in [0.25, 0.3) is 11.1 Å². The minimum Gasteiger partial charge on any atom is -0.496 e. The van der Waals surface area contributed by atoms with Gasteiger partial charge in [0.25, 0.3) is 0 Å². The van der Waals surface area contributed by atoms with Gasteiger partial charge >= 0.3 is 0 Å². The third kappa shape index (κ3) is 3.58. The zero-order chi connectivity index (χ0) is 13.7. The fourth-order valence-electron chi connectivity index (χ4n) is 2.01. The lowest BCUT2D eigenvalue weighted by molar-refractivity contribution is 0.416. The molecule has 0 radical (unpaired) electrons. The fraction of sp³-hybridized carbons (Fsp3) is 0.294. The first-order valence-corrected chi connectivity index (χ1v) is 6.66. The van der Waals surface area contributed by atoms with Gasteiger partial charge in [-0.25, -0.2) is 0 Å². The lowest BCUT2D eigenvalue weighted by atomic mass is 10.0. The van der Waals surface area contributed by atoms with Crippen LogP contribution in [-0.2, 0) is 6.54 Å². The molecule has 0 unspecified atom stereocenters. The quantitative estimate of drug-likeness (QED) is 0.876. The molecule has 0 atom stereocenters. The normalized spacial score (nSPS) is 10.7. The molecule has 0 saturated heterocycles. The number of para-hydroxylation sites is 1. The van der Waals surface area contributed by atoms with Crippen molar-refractivity contribution < 1.29 is 4.74 Å². The number of hydrogen-bond acceptors (Lipinski definition) is 2. The second kappa shape index (κ2) is 6.39. The highest BCUT2D eigenvalue weighted by atomic mass is 16.5. The Bertz CT molecular complexity index is 517. The summed E-state index contributed by atoms with van der Waals surface area (Å²) in [6, 6.07) is 17.2. The van der Waals surface area contributed by atoms with Crippen LogP contribution in [0.4, 0.5) is 0 Å². The van der Waals surface area contributed by atoms with E-state index in [0.29, 0.717) is 6.04 Å². The minimum atomic E-state index is 0.508. The number of hydrogen-bond donors (Lipinski definition) is 1. The molecule has 0 aliphatic rings. The maximum atomic E-state index is 5.40. The fourth-order valence-corrected chi connectivity index (χ4v) is 2.01. The van der Waals surface area contributed by atoms with Crippen molar-refractivity contribution in [2.45, 2.75) is 26.4 Å². The van der Waals surface area contributed by atoms with Gasteiger partial charge in [0, 0.05) is 18.2 Å². The van der Waals surface area contributed by atoms with E-state index >= 15 is 0 Å². The average molecular weight is 255 g/mol. The van der Waals surface area contributed by atoms with E-state index in [1.54, 1.807) is 7.11 Å². The summed E-state index contributed by atoms with van der Waals surface area (Å²) in [7, 11) is 1.71. The van der Waals surface area contributed by atoms with Crippen LogP contribution in [0.15, 0.2) is 48.5 Å². The van der Waals surface area contributed by atoms with Crippen molar-refractivity contribution in [2.24, 2.45) is 0 Å². The predicted molar refractivity (Wildman–Crippen MR) is 80.4 cm³/mol. The molecule has 2 aromatic rings. The van der Waals surface area contributed by atoms with E-state index in [2.05, 4.69) is 49.5 Å². The van der Waals surface area contributed by atoms with E-state index in [9.17, 15) is 0 Å². The lowest BCUT2D eigenvalue weighted by Crippen LogP contribution is -2.21. The van der Waals surface area contributed by atoms with E-state index in [-0.39, 0.29) is 0 Å². The maximum absolute atomic E-state index is 5.40. The Morgan fingerprint density at radius 2 is 1.68 bits per heavy atom. The molecule has 2 heteroatoms. The van der Waals surface area contributed by atoms with E-state index in [4.69, 9.17) is 4.74 Å². The number of ether oxygens (including phenoxy) is 1. The second-order valence-electron chi connectivity index (χ2n) is 4.93. The summed E-state index contributed by atoms with van der Waals surface area (Å²) in [6.45, 7) is 5.22. The molecule has 1 N–H and O–H groups in total. The van der Waals surface area contributed by atoms with Gasteiger partial charge in [0.05, 0.1) is 7.11 Å². The first kappa shape index (κ1) is 13.6. The van der Waals surface area contributed by atoms with Gasteiger partial charge in [-0.05, 0) is 17.2 Å². The van der Waals surface area contributed by atoms with Crippen molar-refractivity contribution >= 4 is 0 Å². The number of rotatable bonds is 5. The molecule has 0 spiro atoms. The van der Waals surface area contributed by atoms with Gasteiger partial charge in [-0.15, -0.1) is 0 Å². The zero-order valence-corrected chi connectivity index (χ0v) is 11.8. The van der Waals surface area contributed by atoms with Crippen LogP contribution in [0, 0.1) is 0 Å². The Morgan fingerprint density at radius 1 is 1.00 bits per heavy atom. The van der Waals surface area contributed by atoms with Gasteiger partial charge in [-0.1, -0.05) is 56.3 Å². The first-order chi connectivity index (χ1) is 9.20. The van der Waals surface area contributed by atoms with Gasteiger partial charge in [0.15, 0.2) is 0 Å². The summed E-state index contributed by atoms with van der Waals surface area (Å²) in [5, 5.41) is 3.42. The van der Waals surface area contributed by atoms with Crippen LogP contribution >= 0.6 is 0 Å². The van der Waals surface area contributed by atoms with Crippen LogP contribution in [-0.4, -0.2) is 13.2 Å². The topological polar surface area (TPSA) is 21.3 Å². The van der Waals surface area contributed by atoms with Crippen LogP contribution in [0.5, 0.6) is 5.75 Å². The first-order valence-electron chi connectivity index (χ1n) is 6.66. The Balaban J connectivity index is 2.18. The Labute approximate surface area is 115 Å². The predicted octanol–water partition coefficient (Wildman–Crippen LogP) is 3.86. The molecule has 0 aliphatic heterocycles. The molecule has 0 fully saturated rings. The van der Waals surface area contributed by atoms with E-state index < -0.39 is 0 Å². The smallest absolute Gasteiger partial charge is 0.126 e. The van der Waals surface area contributed by atoms with Crippen molar-refractivity contribution in [2.75, 3.05) is 7.11 Å². The Kier molecular flexibility index (Phi) is 4.58. The monoisotopic (exact) mass is 255 g/mol. The highest BCUT2D eigenvalue weighted by molar-refractivity contribution is 5.70.